The van der Waals surface area contributed by atoms with Gasteiger partial charge in [0.05, 0.1) is 6.61 Å². The van der Waals surface area contributed by atoms with E-state index in [1.807, 2.05) is 13.2 Å². The minimum atomic E-state index is 0.485. The molecule has 0 saturated heterocycles. The first-order valence-corrected chi connectivity index (χ1v) is 5.89. The van der Waals surface area contributed by atoms with Crippen LogP contribution < -0.4 is 4.74 Å². The lowest BCUT2D eigenvalue weighted by Crippen LogP contribution is -1.96. The highest BCUT2D eigenvalue weighted by Crippen LogP contribution is 2.31. The molecule has 70 valence electrons. The zero-order valence-corrected chi connectivity index (χ0v) is 9.17. The maximum absolute atomic E-state index is 8.84. The molecule has 0 unspecified atom stereocenters. The predicted octanol–water partition coefficient (Wildman–Crippen LogP) is 2.53. The fourth-order valence-corrected chi connectivity index (χ4v) is 2.07. The molecule has 0 bridgehead atoms. The number of ether oxygens (including phenoxy) is 1. The molecule has 0 aliphatic heterocycles. The number of thioether (sulfide) groups is 1. The maximum atomic E-state index is 8.84. The van der Waals surface area contributed by atoms with Crippen molar-refractivity contribution in [1.29, 1.82) is 5.26 Å². The Kier molecular flexibility index (Phi) is 4.06. The average molecular weight is 214 g/mol. The zero-order valence-electron chi connectivity index (χ0n) is 7.53. The van der Waals surface area contributed by atoms with Crippen LogP contribution in [0.5, 0.6) is 5.88 Å². The first-order chi connectivity index (χ1) is 6.33. The molecule has 3 nitrogen and oxygen atoms in total. The van der Waals surface area contributed by atoms with E-state index in [4.69, 9.17) is 10.00 Å². The van der Waals surface area contributed by atoms with E-state index in [-0.39, 0.29) is 0 Å². The smallest absolute Gasteiger partial charge is 0.244 e. The molecular formula is C8H10N2OS2. The summed E-state index contributed by atoms with van der Waals surface area (Å²) in [6.07, 6.45) is 2.86. The largest absolute Gasteiger partial charge is 0.476 e. The van der Waals surface area contributed by atoms with E-state index in [1.54, 1.807) is 0 Å². The molecule has 0 aliphatic carbocycles. The molecule has 1 heterocycles. The average Bonchev–Trinajstić information content (AvgIpc) is 2.56. The second kappa shape index (κ2) is 5.10. The maximum Gasteiger partial charge on any atom is 0.244 e. The fourth-order valence-electron chi connectivity index (χ4n) is 0.792. The van der Waals surface area contributed by atoms with Gasteiger partial charge in [0.2, 0.25) is 5.88 Å². The van der Waals surface area contributed by atoms with Crippen LogP contribution in [-0.4, -0.2) is 17.2 Å². The van der Waals surface area contributed by atoms with E-state index in [0.29, 0.717) is 18.1 Å². The first kappa shape index (κ1) is 10.4. The summed E-state index contributed by atoms with van der Waals surface area (Å²) in [6.45, 7) is 2.64. The first-order valence-electron chi connectivity index (χ1n) is 3.90. The monoisotopic (exact) mass is 214 g/mol. The lowest BCUT2D eigenvalue weighted by atomic mass is 10.4. The van der Waals surface area contributed by atoms with Gasteiger partial charge < -0.3 is 4.74 Å². The van der Waals surface area contributed by atoms with Gasteiger partial charge >= 0.3 is 0 Å². The summed E-state index contributed by atoms with van der Waals surface area (Å²) < 4.78 is 10.3. The van der Waals surface area contributed by atoms with E-state index in [9.17, 15) is 0 Å². The highest BCUT2D eigenvalue weighted by Gasteiger charge is 2.13. The molecule has 13 heavy (non-hydrogen) atoms. The zero-order chi connectivity index (χ0) is 9.68. The molecule has 0 aliphatic rings. The van der Waals surface area contributed by atoms with Gasteiger partial charge in [-0.05, 0) is 24.2 Å². The summed E-state index contributed by atoms with van der Waals surface area (Å²) in [4.78, 5) is 0. The summed E-state index contributed by atoms with van der Waals surface area (Å²) in [5.74, 6) is 0.485. The molecule has 0 saturated carbocycles. The van der Waals surface area contributed by atoms with Crippen molar-refractivity contribution in [3.05, 3.63) is 5.56 Å². The van der Waals surface area contributed by atoms with Crippen LogP contribution in [0.3, 0.4) is 0 Å². The Morgan fingerprint density at radius 2 is 2.46 bits per heavy atom. The Hall–Kier alpha value is -0.730. The van der Waals surface area contributed by atoms with Crippen LogP contribution in [0, 0.1) is 11.3 Å². The number of nitriles is 1. The van der Waals surface area contributed by atoms with Crippen molar-refractivity contribution in [2.24, 2.45) is 0 Å². The van der Waals surface area contributed by atoms with Crippen LogP contribution in [0.25, 0.3) is 0 Å². The Labute approximate surface area is 85.9 Å². The Morgan fingerprint density at radius 1 is 1.69 bits per heavy atom. The van der Waals surface area contributed by atoms with Crippen LogP contribution in [0.2, 0.25) is 0 Å². The van der Waals surface area contributed by atoms with Crippen LogP contribution in [0.4, 0.5) is 0 Å². The Morgan fingerprint density at radius 3 is 3.00 bits per heavy atom. The molecule has 1 rings (SSSR count). The molecule has 5 heteroatoms. The van der Waals surface area contributed by atoms with Crippen molar-refractivity contribution in [2.45, 2.75) is 17.6 Å². The van der Waals surface area contributed by atoms with Crippen molar-refractivity contribution >= 4 is 23.3 Å². The molecule has 1 aromatic rings. The normalized spacial score (nSPS) is 9.62. The third kappa shape index (κ3) is 2.36. The molecule has 0 aromatic carbocycles. The summed E-state index contributed by atoms with van der Waals surface area (Å²) in [6, 6.07) is 2.11. The van der Waals surface area contributed by atoms with Gasteiger partial charge in [0.15, 0.2) is 0 Å². The number of hydrogen-bond acceptors (Lipinski definition) is 5. The topological polar surface area (TPSA) is 45.9 Å². The second-order valence-corrected chi connectivity index (χ2v) is 4.16. The van der Waals surface area contributed by atoms with E-state index in [0.717, 1.165) is 10.6 Å². The van der Waals surface area contributed by atoms with Crippen LogP contribution in [0.15, 0.2) is 4.21 Å². The number of aromatic nitrogens is 1. The molecule has 0 fully saturated rings. The van der Waals surface area contributed by atoms with E-state index in [2.05, 4.69) is 10.4 Å². The van der Waals surface area contributed by atoms with Gasteiger partial charge in [-0.15, -0.1) is 11.8 Å². The highest BCUT2D eigenvalue weighted by atomic mass is 32.2. The van der Waals surface area contributed by atoms with Gasteiger partial charge in [-0.25, -0.2) is 0 Å². The Bertz CT molecular complexity index is 316. The Balaban J connectivity index is 2.83. The third-order valence-electron chi connectivity index (χ3n) is 1.37. The van der Waals surface area contributed by atoms with Gasteiger partial charge in [-0.2, -0.15) is 9.64 Å². The quantitative estimate of drug-likeness (QED) is 0.722. The summed E-state index contributed by atoms with van der Waals surface area (Å²) >= 11 is 2.84. The summed E-state index contributed by atoms with van der Waals surface area (Å²) in [5, 5.41) is 8.84. The second-order valence-electron chi connectivity index (χ2n) is 2.31. The van der Waals surface area contributed by atoms with Crippen molar-refractivity contribution in [3.8, 4) is 11.9 Å². The molecule has 0 N–H and O–H groups in total. The van der Waals surface area contributed by atoms with Crippen molar-refractivity contribution in [3.63, 3.8) is 0 Å². The van der Waals surface area contributed by atoms with Crippen LogP contribution in [0.1, 0.15) is 18.9 Å². The van der Waals surface area contributed by atoms with Crippen molar-refractivity contribution in [2.75, 3.05) is 12.9 Å². The van der Waals surface area contributed by atoms with Gasteiger partial charge in [0.1, 0.15) is 15.8 Å². The van der Waals surface area contributed by atoms with Crippen molar-refractivity contribution in [1.82, 2.24) is 4.37 Å². The third-order valence-corrected chi connectivity index (χ3v) is 3.30. The SMILES string of the molecule is CCCOc1nsc(SC)c1C#N. The standard InChI is InChI=1S/C8H10N2OS2/c1-3-4-11-7-6(5-9)8(12-2)13-10-7/h3-4H2,1-2H3. The van der Waals surface area contributed by atoms with Gasteiger partial charge in [0.25, 0.3) is 0 Å². The van der Waals surface area contributed by atoms with Crippen LogP contribution in [-0.2, 0) is 0 Å². The fraction of sp³-hybridized carbons (Fsp3) is 0.500. The van der Waals surface area contributed by atoms with E-state index < -0.39 is 0 Å². The molecule has 0 amide bonds. The van der Waals surface area contributed by atoms with Gasteiger partial charge in [0, 0.05) is 0 Å². The predicted molar refractivity (Wildman–Crippen MR) is 54.4 cm³/mol. The minimum Gasteiger partial charge on any atom is -0.476 e. The molecule has 0 spiro atoms. The molecule has 1 aromatic heterocycles. The highest BCUT2D eigenvalue weighted by molar-refractivity contribution is 8.00. The number of rotatable bonds is 4. The van der Waals surface area contributed by atoms with Crippen LogP contribution >= 0.6 is 23.3 Å². The number of hydrogen-bond donors (Lipinski definition) is 0. The van der Waals surface area contributed by atoms with Gasteiger partial charge in [-0.3, -0.25) is 0 Å². The van der Waals surface area contributed by atoms with E-state index in [1.165, 1.54) is 23.3 Å². The van der Waals surface area contributed by atoms with E-state index >= 15 is 0 Å². The molecule has 0 atom stereocenters. The number of nitrogens with zero attached hydrogens (tertiary/aromatic N) is 2. The minimum absolute atomic E-state index is 0.485. The lowest BCUT2D eigenvalue weighted by molar-refractivity contribution is 0.307. The molecule has 0 radical (unpaired) electrons. The molecular weight excluding hydrogens is 204 g/mol. The van der Waals surface area contributed by atoms with Crippen molar-refractivity contribution < 1.29 is 4.74 Å². The van der Waals surface area contributed by atoms with Gasteiger partial charge in [-0.1, -0.05) is 6.92 Å². The summed E-state index contributed by atoms with van der Waals surface area (Å²) in [5.41, 5.74) is 0.575. The summed E-state index contributed by atoms with van der Waals surface area (Å²) in [7, 11) is 0. The lowest BCUT2D eigenvalue weighted by Gasteiger charge is -1.99.